The molecule has 2 heterocycles. The van der Waals surface area contributed by atoms with Gasteiger partial charge < -0.3 is 5.32 Å². The maximum Gasteiger partial charge on any atom is 0.0518 e. The van der Waals surface area contributed by atoms with Crippen molar-refractivity contribution in [2.24, 2.45) is 7.05 Å². The quantitative estimate of drug-likeness (QED) is 0.828. The molecule has 0 fully saturated rings. The summed E-state index contributed by atoms with van der Waals surface area (Å²) in [6, 6.07) is 6.24. The molecular weight excluding hydrogens is 194 g/mol. The molecule has 74 valence electrons. The molecule has 0 radical (unpaired) electrons. The highest BCUT2D eigenvalue weighted by Gasteiger charge is 1.97. The second kappa shape index (κ2) is 4.39. The van der Waals surface area contributed by atoms with E-state index in [2.05, 4.69) is 27.9 Å². The minimum atomic E-state index is 0.869. The number of hydrogen-bond acceptors (Lipinski definition) is 3. The number of aromatic nitrogens is 2. The van der Waals surface area contributed by atoms with E-state index in [0.29, 0.717) is 0 Å². The molecule has 0 saturated heterocycles. The van der Waals surface area contributed by atoms with Crippen LogP contribution in [-0.2, 0) is 20.1 Å². The van der Waals surface area contributed by atoms with Crippen molar-refractivity contribution in [2.45, 2.75) is 13.1 Å². The van der Waals surface area contributed by atoms with Gasteiger partial charge in [-0.05, 0) is 17.5 Å². The third-order valence-electron chi connectivity index (χ3n) is 2.11. The van der Waals surface area contributed by atoms with Crippen molar-refractivity contribution in [3.8, 4) is 0 Å². The molecule has 0 bridgehead atoms. The molecule has 2 aromatic heterocycles. The van der Waals surface area contributed by atoms with Crippen molar-refractivity contribution in [1.29, 1.82) is 0 Å². The Kier molecular flexibility index (Phi) is 2.96. The molecule has 0 unspecified atom stereocenters. The Bertz CT molecular complexity index is 378. The smallest absolute Gasteiger partial charge is 0.0518 e. The fourth-order valence-corrected chi connectivity index (χ4v) is 1.98. The van der Waals surface area contributed by atoms with Crippen LogP contribution in [0.2, 0.25) is 0 Å². The average molecular weight is 207 g/mol. The normalized spacial score (nSPS) is 10.6. The van der Waals surface area contributed by atoms with Crippen LogP contribution in [0.25, 0.3) is 0 Å². The van der Waals surface area contributed by atoms with Gasteiger partial charge in [-0.3, -0.25) is 4.68 Å². The number of aryl methyl sites for hydroxylation is 1. The number of nitrogens with zero attached hydrogens (tertiary/aromatic N) is 2. The molecule has 0 atom stereocenters. The van der Waals surface area contributed by atoms with E-state index in [0.717, 1.165) is 13.1 Å². The van der Waals surface area contributed by atoms with Gasteiger partial charge >= 0.3 is 0 Å². The fraction of sp³-hybridized carbons (Fsp3) is 0.300. The molecule has 0 aliphatic carbocycles. The second-order valence-corrected chi connectivity index (χ2v) is 4.16. The van der Waals surface area contributed by atoms with Crippen molar-refractivity contribution in [1.82, 2.24) is 15.1 Å². The standard InChI is InChI=1S/C10H13N3S/c1-13-9(4-5-12-13)7-11-8-10-3-2-6-14-10/h2-6,11H,7-8H2,1H3. The molecule has 3 nitrogen and oxygen atoms in total. The van der Waals surface area contributed by atoms with Crippen LogP contribution in [0.4, 0.5) is 0 Å². The highest BCUT2D eigenvalue weighted by atomic mass is 32.1. The van der Waals surface area contributed by atoms with Crippen LogP contribution >= 0.6 is 11.3 Å². The predicted octanol–water partition coefficient (Wildman–Crippen LogP) is 1.77. The molecule has 0 aliphatic heterocycles. The van der Waals surface area contributed by atoms with Gasteiger partial charge in [-0.1, -0.05) is 6.07 Å². The third-order valence-corrected chi connectivity index (χ3v) is 2.98. The first kappa shape index (κ1) is 9.43. The van der Waals surface area contributed by atoms with E-state index < -0.39 is 0 Å². The Labute approximate surface area is 87.4 Å². The highest BCUT2D eigenvalue weighted by molar-refractivity contribution is 7.09. The van der Waals surface area contributed by atoms with E-state index >= 15 is 0 Å². The van der Waals surface area contributed by atoms with Gasteiger partial charge in [-0.25, -0.2) is 0 Å². The fourth-order valence-electron chi connectivity index (χ4n) is 1.30. The molecule has 0 amide bonds. The van der Waals surface area contributed by atoms with E-state index in [-0.39, 0.29) is 0 Å². The summed E-state index contributed by atoms with van der Waals surface area (Å²) in [6.07, 6.45) is 1.82. The molecule has 2 aromatic rings. The van der Waals surface area contributed by atoms with Crippen molar-refractivity contribution in [3.63, 3.8) is 0 Å². The molecule has 0 aromatic carbocycles. The molecular formula is C10H13N3S. The minimum Gasteiger partial charge on any atom is -0.306 e. The van der Waals surface area contributed by atoms with Crippen LogP contribution in [0.5, 0.6) is 0 Å². The minimum absolute atomic E-state index is 0.869. The van der Waals surface area contributed by atoms with Crippen molar-refractivity contribution in [2.75, 3.05) is 0 Å². The van der Waals surface area contributed by atoms with Crippen LogP contribution in [0, 0.1) is 0 Å². The lowest BCUT2D eigenvalue weighted by Gasteiger charge is -2.03. The molecule has 2 rings (SSSR count). The topological polar surface area (TPSA) is 29.9 Å². The van der Waals surface area contributed by atoms with Crippen molar-refractivity contribution < 1.29 is 0 Å². The Morgan fingerprint density at radius 3 is 3.00 bits per heavy atom. The van der Waals surface area contributed by atoms with Gasteiger partial charge in [0.05, 0.1) is 5.69 Å². The van der Waals surface area contributed by atoms with E-state index in [1.54, 1.807) is 11.3 Å². The lowest BCUT2D eigenvalue weighted by molar-refractivity contribution is 0.629. The summed E-state index contributed by atoms with van der Waals surface area (Å²) < 4.78 is 1.89. The van der Waals surface area contributed by atoms with E-state index in [1.807, 2.05) is 24.0 Å². The zero-order valence-electron chi connectivity index (χ0n) is 8.10. The van der Waals surface area contributed by atoms with Gasteiger partial charge in [0.2, 0.25) is 0 Å². The number of rotatable bonds is 4. The summed E-state index contributed by atoms with van der Waals surface area (Å²) >= 11 is 1.78. The zero-order valence-corrected chi connectivity index (χ0v) is 8.92. The summed E-state index contributed by atoms with van der Waals surface area (Å²) in [5, 5.41) is 9.59. The van der Waals surface area contributed by atoms with Crippen LogP contribution in [0.15, 0.2) is 29.8 Å². The van der Waals surface area contributed by atoms with Crippen molar-refractivity contribution >= 4 is 11.3 Å². The first-order valence-electron chi connectivity index (χ1n) is 4.56. The maximum absolute atomic E-state index is 4.11. The molecule has 0 saturated carbocycles. The Hall–Kier alpha value is -1.13. The van der Waals surface area contributed by atoms with Gasteiger partial charge in [-0.2, -0.15) is 5.10 Å². The molecule has 1 N–H and O–H groups in total. The predicted molar refractivity (Wildman–Crippen MR) is 58.1 cm³/mol. The molecule has 4 heteroatoms. The average Bonchev–Trinajstić information content (AvgIpc) is 2.78. The summed E-state index contributed by atoms with van der Waals surface area (Å²) in [6.45, 7) is 1.80. The SMILES string of the molecule is Cn1nccc1CNCc1cccs1. The van der Waals surface area contributed by atoms with Gasteiger partial charge in [0, 0.05) is 31.2 Å². The zero-order chi connectivity index (χ0) is 9.80. The second-order valence-electron chi connectivity index (χ2n) is 3.13. The van der Waals surface area contributed by atoms with E-state index in [9.17, 15) is 0 Å². The summed E-state index contributed by atoms with van der Waals surface area (Å²) in [4.78, 5) is 1.37. The van der Waals surface area contributed by atoms with Gasteiger partial charge in [0.15, 0.2) is 0 Å². The van der Waals surface area contributed by atoms with Crippen LogP contribution in [0.3, 0.4) is 0 Å². The largest absolute Gasteiger partial charge is 0.306 e. The number of hydrogen-bond donors (Lipinski definition) is 1. The van der Waals surface area contributed by atoms with E-state index in [1.165, 1.54) is 10.6 Å². The highest BCUT2D eigenvalue weighted by Crippen LogP contribution is 2.07. The first-order chi connectivity index (χ1) is 6.86. The van der Waals surface area contributed by atoms with Gasteiger partial charge in [0.1, 0.15) is 0 Å². The maximum atomic E-state index is 4.11. The number of thiophene rings is 1. The number of nitrogens with one attached hydrogen (secondary N) is 1. The van der Waals surface area contributed by atoms with Gasteiger partial charge in [0.25, 0.3) is 0 Å². The van der Waals surface area contributed by atoms with Crippen molar-refractivity contribution in [3.05, 3.63) is 40.3 Å². The first-order valence-corrected chi connectivity index (χ1v) is 5.44. The molecule has 0 aliphatic rings. The summed E-state index contributed by atoms with van der Waals surface area (Å²) in [5.41, 5.74) is 1.21. The Morgan fingerprint density at radius 2 is 2.36 bits per heavy atom. The van der Waals surface area contributed by atoms with Crippen LogP contribution in [-0.4, -0.2) is 9.78 Å². The summed E-state index contributed by atoms with van der Waals surface area (Å²) in [7, 11) is 1.96. The summed E-state index contributed by atoms with van der Waals surface area (Å²) in [5.74, 6) is 0. The Morgan fingerprint density at radius 1 is 1.43 bits per heavy atom. The van der Waals surface area contributed by atoms with Crippen LogP contribution < -0.4 is 5.32 Å². The molecule has 0 spiro atoms. The van der Waals surface area contributed by atoms with Crippen LogP contribution in [0.1, 0.15) is 10.6 Å². The molecule has 14 heavy (non-hydrogen) atoms. The Balaban J connectivity index is 1.81. The van der Waals surface area contributed by atoms with E-state index in [4.69, 9.17) is 0 Å². The third kappa shape index (κ3) is 2.21. The monoisotopic (exact) mass is 207 g/mol. The lowest BCUT2D eigenvalue weighted by atomic mass is 10.4. The lowest BCUT2D eigenvalue weighted by Crippen LogP contribution is -2.14. The van der Waals surface area contributed by atoms with Gasteiger partial charge in [-0.15, -0.1) is 11.3 Å².